The van der Waals surface area contributed by atoms with Crippen LogP contribution in [-0.2, 0) is 16.0 Å². The Kier molecular flexibility index (Phi) is 5.22. The molecule has 0 aliphatic carbocycles. The molecule has 0 bridgehead atoms. The number of methoxy groups -OCH3 is 1. The lowest BCUT2D eigenvalue weighted by Crippen LogP contribution is -2.03. The first-order chi connectivity index (χ1) is 10.5. The standard InChI is InChI=1S/C16H15ClFNO3/c1-21-16(20)7-6-10-4-2-3-5-14(10)22-15-9-13(19)12(18)8-11(15)17/h2-5,8-9H,6-7,19H2,1H3. The van der Waals surface area contributed by atoms with E-state index in [0.29, 0.717) is 12.2 Å². The van der Waals surface area contributed by atoms with Gasteiger partial charge >= 0.3 is 5.97 Å². The molecule has 6 heteroatoms. The second-order valence-corrected chi connectivity index (χ2v) is 5.00. The van der Waals surface area contributed by atoms with E-state index in [2.05, 4.69) is 4.74 Å². The number of nitrogens with two attached hydrogens (primary N) is 1. The summed E-state index contributed by atoms with van der Waals surface area (Å²) in [5.74, 6) is -0.124. The van der Waals surface area contributed by atoms with Gasteiger partial charge in [-0.1, -0.05) is 29.8 Å². The fraction of sp³-hybridized carbons (Fsp3) is 0.188. The molecule has 4 nitrogen and oxygen atoms in total. The molecule has 2 aromatic carbocycles. The molecule has 2 N–H and O–H groups in total. The molecule has 0 aromatic heterocycles. The van der Waals surface area contributed by atoms with Gasteiger partial charge in [0.05, 0.1) is 17.8 Å². The molecule has 22 heavy (non-hydrogen) atoms. The number of halogens is 2. The fourth-order valence-electron chi connectivity index (χ4n) is 1.89. The Labute approximate surface area is 132 Å². The molecule has 0 unspecified atom stereocenters. The molecule has 0 atom stereocenters. The zero-order valence-corrected chi connectivity index (χ0v) is 12.7. The number of benzene rings is 2. The molecule has 0 amide bonds. The van der Waals surface area contributed by atoms with Crippen LogP contribution in [0.5, 0.6) is 11.5 Å². The molecule has 0 spiro atoms. The first-order valence-corrected chi connectivity index (χ1v) is 6.96. The summed E-state index contributed by atoms with van der Waals surface area (Å²) in [5, 5.41) is 0.120. The number of hydrogen-bond donors (Lipinski definition) is 1. The zero-order chi connectivity index (χ0) is 16.1. The highest BCUT2D eigenvalue weighted by atomic mass is 35.5. The number of aryl methyl sites for hydroxylation is 1. The molecular formula is C16H15ClFNO3. The van der Waals surface area contributed by atoms with E-state index in [4.69, 9.17) is 22.1 Å². The quantitative estimate of drug-likeness (QED) is 0.668. The normalized spacial score (nSPS) is 10.3. The van der Waals surface area contributed by atoms with E-state index in [1.165, 1.54) is 13.2 Å². The van der Waals surface area contributed by atoms with E-state index in [0.717, 1.165) is 11.6 Å². The summed E-state index contributed by atoms with van der Waals surface area (Å²) in [4.78, 5) is 11.2. The van der Waals surface area contributed by atoms with Gasteiger partial charge in [0, 0.05) is 12.5 Å². The summed E-state index contributed by atoms with van der Waals surface area (Å²) in [6.45, 7) is 0. The maximum Gasteiger partial charge on any atom is 0.305 e. The van der Waals surface area contributed by atoms with Gasteiger partial charge in [0.1, 0.15) is 17.3 Å². The minimum atomic E-state index is -0.601. The van der Waals surface area contributed by atoms with E-state index < -0.39 is 5.82 Å². The Hall–Kier alpha value is -2.27. The molecular weight excluding hydrogens is 309 g/mol. The third-order valence-corrected chi connectivity index (χ3v) is 3.37. The third kappa shape index (κ3) is 3.89. The summed E-state index contributed by atoms with van der Waals surface area (Å²) >= 11 is 5.96. The Morgan fingerprint density at radius 2 is 2.00 bits per heavy atom. The second-order valence-electron chi connectivity index (χ2n) is 4.59. The van der Waals surface area contributed by atoms with Gasteiger partial charge in [-0.25, -0.2) is 4.39 Å². The third-order valence-electron chi connectivity index (χ3n) is 3.07. The van der Waals surface area contributed by atoms with Crippen molar-refractivity contribution in [3.8, 4) is 11.5 Å². The largest absolute Gasteiger partial charge is 0.469 e. The number of nitrogen functional groups attached to an aromatic ring is 1. The predicted molar refractivity (Wildman–Crippen MR) is 82.7 cm³/mol. The van der Waals surface area contributed by atoms with Crippen molar-refractivity contribution < 1.29 is 18.7 Å². The average Bonchev–Trinajstić information content (AvgIpc) is 2.51. The Balaban J connectivity index is 2.23. The summed E-state index contributed by atoms with van der Waals surface area (Å²) in [5.41, 5.74) is 6.29. The number of carbonyl (C=O) groups is 1. The Morgan fingerprint density at radius 3 is 2.73 bits per heavy atom. The summed E-state index contributed by atoms with van der Waals surface area (Å²) in [7, 11) is 1.34. The maximum absolute atomic E-state index is 13.3. The monoisotopic (exact) mass is 323 g/mol. The molecule has 0 heterocycles. The number of esters is 1. The number of hydrogen-bond acceptors (Lipinski definition) is 4. The minimum Gasteiger partial charge on any atom is -0.469 e. The first kappa shape index (κ1) is 16.1. The van der Waals surface area contributed by atoms with Crippen molar-refractivity contribution in [3.63, 3.8) is 0 Å². The van der Waals surface area contributed by atoms with Crippen molar-refractivity contribution in [2.75, 3.05) is 12.8 Å². The zero-order valence-electron chi connectivity index (χ0n) is 11.9. The van der Waals surface area contributed by atoms with Crippen LogP contribution in [-0.4, -0.2) is 13.1 Å². The van der Waals surface area contributed by atoms with Gasteiger partial charge in [0.2, 0.25) is 0 Å². The number of anilines is 1. The fourth-order valence-corrected chi connectivity index (χ4v) is 2.08. The van der Waals surface area contributed by atoms with E-state index in [-0.39, 0.29) is 28.8 Å². The lowest BCUT2D eigenvalue weighted by molar-refractivity contribution is -0.140. The van der Waals surface area contributed by atoms with Crippen LogP contribution in [0, 0.1) is 5.82 Å². The molecule has 0 aliphatic heterocycles. The summed E-state index contributed by atoms with van der Waals surface area (Å²) in [6.07, 6.45) is 0.688. The highest BCUT2D eigenvalue weighted by molar-refractivity contribution is 6.32. The van der Waals surface area contributed by atoms with Crippen molar-refractivity contribution >= 4 is 23.3 Å². The second kappa shape index (κ2) is 7.13. The van der Waals surface area contributed by atoms with Gasteiger partial charge in [0.15, 0.2) is 0 Å². The predicted octanol–water partition coefficient (Wildman–Crippen LogP) is 3.96. The van der Waals surface area contributed by atoms with Gasteiger partial charge in [-0.05, 0) is 24.1 Å². The number of ether oxygens (including phenoxy) is 2. The highest BCUT2D eigenvalue weighted by Crippen LogP contribution is 2.34. The van der Waals surface area contributed by atoms with Crippen molar-refractivity contribution in [2.45, 2.75) is 12.8 Å². The molecule has 0 fully saturated rings. The smallest absolute Gasteiger partial charge is 0.305 e. The van der Waals surface area contributed by atoms with Crippen molar-refractivity contribution in [1.82, 2.24) is 0 Å². The topological polar surface area (TPSA) is 61.5 Å². The molecule has 0 saturated heterocycles. The van der Waals surface area contributed by atoms with Crippen LogP contribution in [0.1, 0.15) is 12.0 Å². The molecule has 0 radical (unpaired) electrons. The van der Waals surface area contributed by atoms with Crippen molar-refractivity contribution in [2.24, 2.45) is 0 Å². The van der Waals surface area contributed by atoms with Gasteiger partial charge in [-0.2, -0.15) is 0 Å². The number of para-hydroxylation sites is 1. The van der Waals surface area contributed by atoms with Gasteiger partial charge < -0.3 is 15.2 Å². The van der Waals surface area contributed by atoms with Crippen LogP contribution >= 0.6 is 11.6 Å². The SMILES string of the molecule is COC(=O)CCc1ccccc1Oc1cc(N)c(F)cc1Cl. The summed E-state index contributed by atoms with van der Waals surface area (Å²) < 4.78 is 23.6. The highest BCUT2D eigenvalue weighted by Gasteiger charge is 2.12. The number of carbonyl (C=O) groups excluding carboxylic acids is 1. The molecule has 2 rings (SSSR count). The maximum atomic E-state index is 13.3. The van der Waals surface area contributed by atoms with Crippen LogP contribution in [0.25, 0.3) is 0 Å². The van der Waals surface area contributed by atoms with Crippen molar-refractivity contribution in [1.29, 1.82) is 0 Å². The van der Waals surface area contributed by atoms with Crippen molar-refractivity contribution in [3.05, 3.63) is 52.8 Å². The Bertz CT molecular complexity index is 691. The van der Waals surface area contributed by atoms with Gasteiger partial charge in [-0.3, -0.25) is 4.79 Å². The van der Waals surface area contributed by atoms with E-state index >= 15 is 0 Å². The van der Waals surface area contributed by atoms with Crippen LogP contribution < -0.4 is 10.5 Å². The molecule has 116 valence electrons. The summed E-state index contributed by atoms with van der Waals surface area (Å²) in [6, 6.07) is 9.62. The average molecular weight is 324 g/mol. The molecule has 0 saturated carbocycles. The van der Waals surface area contributed by atoms with Crippen LogP contribution in [0.4, 0.5) is 10.1 Å². The first-order valence-electron chi connectivity index (χ1n) is 6.58. The van der Waals surface area contributed by atoms with E-state index in [1.807, 2.05) is 12.1 Å². The molecule has 2 aromatic rings. The van der Waals surface area contributed by atoms with Gasteiger partial charge in [0.25, 0.3) is 0 Å². The van der Waals surface area contributed by atoms with Crippen LogP contribution in [0.3, 0.4) is 0 Å². The van der Waals surface area contributed by atoms with Crippen LogP contribution in [0.15, 0.2) is 36.4 Å². The van der Waals surface area contributed by atoms with E-state index in [9.17, 15) is 9.18 Å². The van der Waals surface area contributed by atoms with E-state index in [1.54, 1.807) is 12.1 Å². The number of rotatable bonds is 5. The van der Waals surface area contributed by atoms with Gasteiger partial charge in [-0.15, -0.1) is 0 Å². The lowest BCUT2D eigenvalue weighted by Gasteiger charge is -2.12. The van der Waals surface area contributed by atoms with Crippen LogP contribution in [0.2, 0.25) is 5.02 Å². The lowest BCUT2D eigenvalue weighted by atomic mass is 10.1. The Morgan fingerprint density at radius 1 is 1.27 bits per heavy atom. The minimum absolute atomic E-state index is 0.0496. The molecule has 0 aliphatic rings.